The Labute approximate surface area is 177 Å². The molecule has 0 radical (unpaired) electrons. The fourth-order valence-electron chi connectivity index (χ4n) is 4.69. The molecule has 0 bridgehead atoms. The normalized spacial score (nSPS) is 19.2. The van der Waals surface area contributed by atoms with E-state index in [1.807, 2.05) is 0 Å². The van der Waals surface area contributed by atoms with E-state index < -0.39 is 0 Å². The summed E-state index contributed by atoms with van der Waals surface area (Å²) in [6, 6.07) is 18.3. The summed E-state index contributed by atoms with van der Waals surface area (Å²) in [6.45, 7) is 4.42. The molecule has 0 amide bonds. The molecule has 1 heteroatoms. The highest BCUT2D eigenvalue weighted by Gasteiger charge is 2.26. The molecule has 1 nitrogen and oxygen atoms in total. The number of hydrogen-bond acceptors (Lipinski definition) is 1. The van der Waals surface area contributed by atoms with Crippen LogP contribution < -0.4 is 0 Å². The highest BCUT2D eigenvalue weighted by molar-refractivity contribution is 5.81. The van der Waals surface area contributed by atoms with Gasteiger partial charge in [0.1, 0.15) is 5.78 Å². The highest BCUT2D eigenvalue weighted by atomic mass is 16.1. The summed E-state index contributed by atoms with van der Waals surface area (Å²) in [7, 11) is 0. The first kappa shape index (κ1) is 21.8. The van der Waals surface area contributed by atoms with Crippen molar-refractivity contribution in [2.24, 2.45) is 5.92 Å². The van der Waals surface area contributed by atoms with E-state index in [9.17, 15) is 4.79 Å². The third kappa shape index (κ3) is 6.29. The van der Waals surface area contributed by atoms with Gasteiger partial charge in [0.25, 0.3) is 0 Å². The Morgan fingerprint density at radius 3 is 1.93 bits per heavy atom. The van der Waals surface area contributed by atoms with Gasteiger partial charge in [0.15, 0.2) is 0 Å². The van der Waals surface area contributed by atoms with E-state index >= 15 is 0 Å². The molecule has 1 aliphatic carbocycles. The van der Waals surface area contributed by atoms with Crippen LogP contribution in [0.15, 0.2) is 48.5 Å². The maximum absolute atomic E-state index is 12.3. The second-order valence-corrected chi connectivity index (χ2v) is 8.89. The van der Waals surface area contributed by atoms with Crippen molar-refractivity contribution in [3.8, 4) is 11.1 Å². The highest BCUT2D eigenvalue weighted by Crippen LogP contribution is 2.37. The van der Waals surface area contributed by atoms with E-state index in [1.165, 1.54) is 47.9 Å². The van der Waals surface area contributed by atoms with Gasteiger partial charge in [-0.3, -0.25) is 4.79 Å². The van der Waals surface area contributed by atoms with Gasteiger partial charge in [-0.15, -0.1) is 0 Å². The lowest BCUT2D eigenvalue weighted by Gasteiger charge is -2.28. The molecule has 0 unspecified atom stereocenters. The van der Waals surface area contributed by atoms with Crippen molar-refractivity contribution in [2.45, 2.75) is 90.4 Å². The number of benzene rings is 2. The summed E-state index contributed by atoms with van der Waals surface area (Å²) in [5, 5.41) is 0. The van der Waals surface area contributed by atoms with Crippen LogP contribution in [-0.2, 0) is 11.2 Å². The molecule has 2 aromatic rings. The minimum absolute atomic E-state index is 0.327. The number of Topliss-reactive ketones (excluding diaryl/α,β-unsaturated/α-hetero) is 1. The maximum Gasteiger partial charge on any atom is 0.135 e. The van der Waals surface area contributed by atoms with Gasteiger partial charge >= 0.3 is 0 Å². The summed E-state index contributed by atoms with van der Waals surface area (Å²) in [6.07, 6.45) is 12.5. The Hall–Kier alpha value is -1.89. The molecule has 0 atom stereocenters. The fourth-order valence-corrected chi connectivity index (χ4v) is 4.69. The molecule has 29 heavy (non-hydrogen) atoms. The van der Waals surface area contributed by atoms with Gasteiger partial charge in [-0.25, -0.2) is 0 Å². The van der Waals surface area contributed by atoms with Crippen LogP contribution in [0.1, 0.15) is 95.1 Å². The van der Waals surface area contributed by atoms with Crippen molar-refractivity contribution in [3.05, 3.63) is 59.7 Å². The third-order valence-electron chi connectivity index (χ3n) is 6.70. The van der Waals surface area contributed by atoms with Crippen LogP contribution in [-0.4, -0.2) is 5.78 Å². The molecular formula is C28H38O. The van der Waals surface area contributed by atoms with Crippen molar-refractivity contribution >= 4 is 5.78 Å². The minimum Gasteiger partial charge on any atom is -0.299 e. The number of unbranched alkanes of at least 4 members (excludes halogenated alkanes) is 3. The molecule has 1 saturated carbocycles. The topological polar surface area (TPSA) is 17.1 Å². The molecular weight excluding hydrogens is 352 g/mol. The van der Waals surface area contributed by atoms with Crippen LogP contribution in [0.5, 0.6) is 0 Å². The zero-order valence-electron chi connectivity index (χ0n) is 18.5. The molecule has 0 saturated heterocycles. The molecule has 0 aliphatic heterocycles. The predicted molar refractivity (Wildman–Crippen MR) is 124 cm³/mol. The SMILES string of the molecule is CCCCCc1ccc(-c2ccc(C3CCC(C(=O)CCCC)CC3)cc2)cc1. The van der Waals surface area contributed by atoms with Crippen LogP contribution in [0, 0.1) is 5.92 Å². The van der Waals surface area contributed by atoms with Crippen molar-refractivity contribution in [1.82, 2.24) is 0 Å². The molecule has 3 rings (SSSR count). The van der Waals surface area contributed by atoms with E-state index in [0.29, 0.717) is 17.6 Å². The number of carbonyl (C=O) groups is 1. The largest absolute Gasteiger partial charge is 0.299 e. The first-order valence-electron chi connectivity index (χ1n) is 11.9. The number of carbonyl (C=O) groups excluding carboxylic acids is 1. The van der Waals surface area contributed by atoms with Gasteiger partial charge in [0, 0.05) is 12.3 Å². The Bertz CT molecular complexity index is 733. The van der Waals surface area contributed by atoms with Crippen LogP contribution >= 0.6 is 0 Å². The van der Waals surface area contributed by atoms with E-state index in [0.717, 1.165) is 44.9 Å². The Morgan fingerprint density at radius 2 is 1.34 bits per heavy atom. The van der Waals surface area contributed by atoms with Gasteiger partial charge in [0.05, 0.1) is 0 Å². The van der Waals surface area contributed by atoms with Crippen LogP contribution in [0.3, 0.4) is 0 Å². The lowest BCUT2D eigenvalue weighted by molar-refractivity contribution is -0.124. The Morgan fingerprint density at radius 1 is 0.759 bits per heavy atom. The zero-order valence-corrected chi connectivity index (χ0v) is 18.5. The molecule has 156 valence electrons. The maximum atomic E-state index is 12.3. The molecule has 0 spiro atoms. The van der Waals surface area contributed by atoms with E-state index in [-0.39, 0.29) is 0 Å². The average Bonchev–Trinajstić information content (AvgIpc) is 2.78. The average molecular weight is 391 g/mol. The van der Waals surface area contributed by atoms with E-state index in [2.05, 4.69) is 62.4 Å². The molecule has 0 aromatic heterocycles. The number of aryl methyl sites for hydroxylation is 1. The lowest BCUT2D eigenvalue weighted by atomic mass is 9.76. The van der Waals surface area contributed by atoms with Crippen LogP contribution in [0.4, 0.5) is 0 Å². The van der Waals surface area contributed by atoms with Crippen molar-refractivity contribution in [2.75, 3.05) is 0 Å². The molecule has 1 fully saturated rings. The molecule has 0 heterocycles. The smallest absolute Gasteiger partial charge is 0.135 e. The minimum atomic E-state index is 0.327. The zero-order chi connectivity index (χ0) is 20.5. The predicted octanol–water partition coefficient (Wildman–Crippen LogP) is 8.12. The number of hydrogen-bond donors (Lipinski definition) is 0. The summed E-state index contributed by atoms with van der Waals surface area (Å²) < 4.78 is 0. The number of ketones is 1. The molecule has 0 N–H and O–H groups in total. The van der Waals surface area contributed by atoms with Crippen LogP contribution in [0.2, 0.25) is 0 Å². The van der Waals surface area contributed by atoms with Gasteiger partial charge in [-0.1, -0.05) is 81.6 Å². The van der Waals surface area contributed by atoms with Crippen molar-refractivity contribution in [1.29, 1.82) is 0 Å². The molecule has 2 aromatic carbocycles. The second-order valence-electron chi connectivity index (χ2n) is 8.89. The summed E-state index contributed by atoms with van der Waals surface area (Å²) in [5.41, 5.74) is 5.51. The van der Waals surface area contributed by atoms with Gasteiger partial charge < -0.3 is 0 Å². The van der Waals surface area contributed by atoms with Gasteiger partial charge in [-0.05, 0) is 73.1 Å². The van der Waals surface area contributed by atoms with Crippen molar-refractivity contribution < 1.29 is 4.79 Å². The second kappa shape index (κ2) is 11.3. The van der Waals surface area contributed by atoms with Gasteiger partial charge in [-0.2, -0.15) is 0 Å². The standard InChI is InChI=1S/C28H38O/c1-3-5-7-8-22-10-12-23(13-11-22)24-14-16-25(17-15-24)26-18-20-27(21-19-26)28(29)9-6-4-2/h10-17,26-27H,3-9,18-21H2,1-2H3. The summed E-state index contributed by atoms with van der Waals surface area (Å²) in [5.74, 6) is 1.46. The van der Waals surface area contributed by atoms with Crippen LogP contribution in [0.25, 0.3) is 11.1 Å². The van der Waals surface area contributed by atoms with Gasteiger partial charge in [0.2, 0.25) is 0 Å². The third-order valence-corrected chi connectivity index (χ3v) is 6.70. The first-order chi connectivity index (χ1) is 14.2. The lowest BCUT2D eigenvalue weighted by Crippen LogP contribution is -2.21. The summed E-state index contributed by atoms with van der Waals surface area (Å²) >= 11 is 0. The quantitative estimate of drug-likeness (QED) is 0.374. The van der Waals surface area contributed by atoms with Crippen molar-refractivity contribution in [3.63, 3.8) is 0 Å². The summed E-state index contributed by atoms with van der Waals surface area (Å²) in [4.78, 5) is 12.3. The van der Waals surface area contributed by atoms with E-state index in [1.54, 1.807) is 0 Å². The van der Waals surface area contributed by atoms with E-state index in [4.69, 9.17) is 0 Å². The fraction of sp³-hybridized carbons (Fsp3) is 0.536. The first-order valence-corrected chi connectivity index (χ1v) is 11.9. The molecule has 1 aliphatic rings. The Balaban J connectivity index is 1.53. The Kier molecular flexibility index (Phi) is 8.52. The monoisotopic (exact) mass is 390 g/mol. The number of rotatable bonds is 10.